The molecular weight excluding hydrogens is 428 g/mol. The summed E-state index contributed by atoms with van der Waals surface area (Å²) in [4.78, 5) is 28.4. The molecular formula is C28H36N2O4. The molecule has 0 atom stereocenters. The number of anilines is 1. The Labute approximate surface area is 202 Å². The highest BCUT2D eigenvalue weighted by atomic mass is 16.5. The van der Waals surface area contributed by atoms with E-state index < -0.39 is 5.97 Å². The van der Waals surface area contributed by atoms with Crippen molar-refractivity contribution in [3.05, 3.63) is 58.7 Å². The Balaban J connectivity index is 1.43. The van der Waals surface area contributed by atoms with E-state index >= 15 is 0 Å². The lowest BCUT2D eigenvalue weighted by Crippen LogP contribution is -2.41. The normalized spacial score (nSPS) is 18.1. The Kier molecular flexibility index (Phi) is 6.99. The SMILES string of the molecule is CCOc1cc(CN2CCC3(CC2)CC(=O)N(c2ccc(C(=O)O)cc2)C3)c(C(C)C)cc1C. The zero-order valence-corrected chi connectivity index (χ0v) is 20.8. The van der Waals surface area contributed by atoms with Gasteiger partial charge in [-0.2, -0.15) is 0 Å². The van der Waals surface area contributed by atoms with Gasteiger partial charge in [0.2, 0.25) is 5.91 Å². The molecule has 2 aliphatic heterocycles. The van der Waals surface area contributed by atoms with Crippen LogP contribution in [0.5, 0.6) is 5.75 Å². The van der Waals surface area contributed by atoms with Gasteiger partial charge < -0.3 is 14.7 Å². The molecule has 1 spiro atoms. The third-order valence-corrected chi connectivity index (χ3v) is 7.42. The summed E-state index contributed by atoms with van der Waals surface area (Å²) in [6, 6.07) is 11.1. The summed E-state index contributed by atoms with van der Waals surface area (Å²) in [6.07, 6.45) is 2.55. The van der Waals surface area contributed by atoms with Crippen molar-refractivity contribution < 1.29 is 19.4 Å². The zero-order valence-electron chi connectivity index (χ0n) is 20.8. The van der Waals surface area contributed by atoms with Gasteiger partial charge in [0, 0.05) is 25.2 Å². The monoisotopic (exact) mass is 464 g/mol. The Bertz CT molecular complexity index is 1050. The first-order chi connectivity index (χ1) is 16.2. The van der Waals surface area contributed by atoms with Crippen molar-refractivity contribution in [2.45, 2.75) is 59.4 Å². The second-order valence-electron chi connectivity index (χ2n) is 10.2. The Hall–Kier alpha value is -2.86. The standard InChI is InChI=1S/C28H36N2O4/c1-5-34-25-15-22(24(19(2)3)14-20(25)4)17-29-12-10-28(11-13-29)16-26(31)30(18-28)23-8-6-21(7-9-23)27(32)33/h6-9,14-15,19H,5,10-13,16-18H2,1-4H3,(H,32,33). The van der Waals surface area contributed by atoms with Gasteiger partial charge in [-0.1, -0.05) is 19.9 Å². The molecule has 1 amide bonds. The number of rotatable bonds is 7. The lowest BCUT2D eigenvalue weighted by atomic mass is 9.77. The average Bonchev–Trinajstić information content (AvgIpc) is 3.13. The molecule has 34 heavy (non-hydrogen) atoms. The fourth-order valence-electron chi connectivity index (χ4n) is 5.41. The van der Waals surface area contributed by atoms with Crippen LogP contribution in [0.25, 0.3) is 0 Å². The molecule has 0 aromatic heterocycles. The molecule has 2 aromatic rings. The number of carbonyl (C=O) groups is 2. The summed E-state index contributed by atoms with van der Waals surface area (Å²) < 4.78 is 5.87. The third kappa shape index (κ3) is 4.97. The van der Waals surface area contributed by atoms with E-state index in [-0.39, 0.29) is 16.9 Å². The number of hydrogen-bond acceptors (Lipinski definition) is 4. The van der Waals surface area contributed by atoms with E-state index in [0.717, 1.165) is 43.9 Å². The molecule has 2 saturated heterocycles. The van der Waals surface area contributed by atoms with Gasteiger partial charge in [-0.3, -0.25) is 9.69 Å². The topological polar surface area (TPSA) is 70.1 Å². The van der Waals surface area contributed by atoms with E-state index in [2.05, 4.69) is 37.8 Å². The number of benzene rings is 2. The van der Waals surface area contributed by atoms with Crippen molar-refractivity contribution in [1.82, 2.24) is 4.90 Å². The van der Waals surface area contributed by atoms with Crippen molar-refractivity contribution in [1.29, 1.82) is 0 Å². The van der Waals surface area contributed by atoms with Crippen LogP contribution in [0.1, 0.15) is 73.0 Å². The Morgan fingerprint density at radius 3 is 2.41 bits per heavy atom. The second-order valence-corrected chi connectivity index (χ2v) is 10.2. The highest BCUT2D eigenvalue weighted by molar-refractivity contribution is 5.97. The van der Waals surface area contributed by atoms with Crippen LogP contribution in [0, 0.1) is 12.3 Å². The van der Waals surface area contributed by atoms with Gasteiger partial charge in [-0.15, -0.1) is 0 Å². The molecule has 2 fully saturated rings. The van der Waals surface area contributed by atoms with Crippen LogP contribution < -0.4 is 9.64 Å². The molecule has 2 heterocycles. The summed E-state index contributed by atoms with van der Waals surface area (Å²) in [7, 11) is 0. The van der Waals surface area contributed by atoms with E-state index in [1.54, 1.807) is 24.3 Å². The number of aromatic carboxylic acids is 1. The van der Waals surface area contributed by atoms with Crippen molar-refractivity contribution in [3.63, 3.8) is 0 Å². The predicted molar refractivity (Wildman–Crippen MR) is 134 cm³/mol. The van der Waals surface area contributed by atoms with Crippen molar-refractivity contribution in [2.75, 3.05) is 31.1 Å². The Morgan fingerprint density at radius 2 is 1.82 bits per heavy atom. The van der Waals surface area contributed by atoms with Gasteiger partial charge in [-0.05, 0) is 98.1 Å². The molecule has 6 heteroatoms. The number of carboxylic acid groups (broad SMARTS) is 1. The highest BCUT2D eigenvalue weighted by Gasteiger charge is 2.45. The van der Waals surface area contributed by atoms with E-state index in [1.807, 2.05) is 11.8 Å². The van der Waals surface area contributed by atoms with Crippen LogP contribution in [-0.2, 0) is 11.3 Å². The summed E-state index contributed by atoms with van der Waals surface area (Å²) in [5.74, 6) is 0.611. The average molecular weight is 465 g/mol. The molecule has 2 aromatic carbocycles. The Morgan fingerprint density at radius 1 is 1.15 bits per heavy atom. The van der Waals surface area contributed by atoms with Gasteiger partial charge in [0.25, 0.3) is 0 Å². The van der Waals surface area contributed by atoms with Gasteiger partial charge in [0.15, 0.2) is 0 Å². The first-order valence-corrected chi connectivity index (χ1v) is 12.3. The van der Waals surface area contributed by atoms with Gasteiger partial charge >= 0.3 is 5.97 Å². The second kappa shape index (κ2) is 9.79. The lowest BCUT2D eigenvalue weighted by molar-refractivity contribution is -0.118. The predicted octanol–water partition coefficient (Wildman–Crippen LogP) is 5.23. The summed E-state index contributed by atoms with van der Waals surface area (Å²) >= 11 is 0. The number of ether oxygens (including phenoxy) is 1. The molecule has 0 unspecified atom stereocenters. The first kappa shape index (κ1) is 24.3. The largest absolute Gasteiger partial charge is 0.494 e. The van der Waals surface area contributed by atoms with Crippen molar-refractivity contribution in [3.8, 4) is 5.75 Å². The molecule has 0 saturated carbocycles. The molecule has 0 radical (unpaired) electrons. The maximum Gasteiger partial charge on any atom is 0.335 e. The van der Waals surface area contributed by atoms with Gasteiger partial charge in [-0.25, -0.2) is 4.79 Å². The number of carboxylic acids is 1. The number of carbonyl (C=O) groups excluding carboxylic acids is 1. The van der Waals surface area contributed by atoms with Crippen molar-refractivity contribution in [2.24, 2.45) is 5.41 Å². The number of likely N-dealkylation sites (tertiary alicyclic amines) is 1. The van der Waals surface area contributed by atoms with Crippen LogP contribution in [0.2, 0.25) is 0 Å². The fourth-order valence-corrected chi connectivity index (χ4v) is 5.41. The van der Waals surface area contributed by atoms with Crippen LogP contribution in [-0.4, -0.2) is 48.1 Å². The number of nitrogens with zero attached hydrogens (tertiary/aromatic N) is 2. The number of aryl methyl sites for hydroxylation is 1. The lowest BCUT2D eigenvalue weighted by Gasteiger charge is -2.39. The van der Waals surface area contributed by atoms with Crippen LogP contribution in [0.4, 0.5) is 5.69 Å². The number of amides is 1. The number of piperidine rings is 1. The smallest absolute Gasteiger partial charge is 0.335 e. The van der Waals surface area contributed by atoms with E-state index in [1.165, 1.54) is 16.7 Å². The maximum atomic E-state index is 12.9. The molecule has 4 rings (SSSR count). The van der Waals surface area contributed by atoms with E-state index in [9.17, 15) is 9.59 Å². The summed E-state index contributed by atoms with van der Waals surface area (Å²) in [6.45, 7) is 12.8. The molecule has 6 nitrogen and oxygen atoms in total. The number of hydrogen-bond donors (Lipinski definition) is 1. The van der Waals surface area contributed by atoms with Gasteiger partial charge in [0.1, 0.15) is 5.75 Å². The molecule has 182 valence electrons. The minimum atomic E-state index is -0.953. The van der Waals surface area contributed by atoms with Crippen LogP contribution in [0.15, 0.2) is 36.4 Å². The third-order valence-electron chi connectivity index (χ3n) is 7.42. The fraction of sp³-hybridized carbons (Fsp3) is 0.500. The van der Waals surface area contributed by atoms with E-state index in [4.69, 9.17) is 9.84 Å². The highest BCUT2D eigenvalue weighted by Crippen LogP contribution is 2.43. The maximum absolute atomic E-state index is 12.9. The van der Waals surface area contributed by atoms with Crippen molar-refractivity contribution >= 4 is 17.6 Å². The zero-order chi connectivity index (χ0) is 24.5. The first-order valence-electron chi connectivity index (χ1n) is 12.3. The van der Waals surface area contributed by atoms with Gasteiger partial charge in [0.05, 0.1) is 12.2 Å². The minimum Gasteiger partial charge on any atom is -0.494 e. The summed E-state index contributed by atoms with van der Waals surface area (Å²) in [5, 5.41) is 9.13. The minimum absolute atomic E-state index is 0.00366. The van der Waals surface area contributed by atoms with Crippen LogP contribution >= 0.6 is 0 Å². The summed E-state index contributed by atoms with van der Waals surface area (Å²) in [5.41, 5.74) is 4.94. The molecule has 1 N–H and O–H groups in total. The van der Waals surface area contributed by atoms with E-state index in [0.29, 0.717) is 25.5 Å². The molecule has 0 bridgehead atoms. The molecule has 0 aliphatic carbocycles. The van der Waals surface area contributed by atoms with Crippen LogP contribution in [0.3, 0.4) is 0 Å². The quantitative estimate of drug-likeness (QED) is 0.607. The molecule has 2 aliphatic rings.